The maximum absolute atomic E-state index is 13.7. The van der Waals surface area contributed by atoms with Gasteiger partial charge in [-0.1, -0.05) is 90.2 Å². The van der Waals surface area contributed by atoms with Gasteiger partial charge in [0, 0.05) is 5.56 Å². The average molecular weight is 477 g/mol. The van der Waals surface area contributed by atoms with E-state index in [1.807, 2.05) is 71.3 Å². The summed E-state index contributed by atoms with van der Waals surface area (Å²) in [5.74, 6) is 0.783. The first-order valence-corrected chi connectivity index (χ1v) is 12.5. The number of methoxy groups -OCH3 is 1. The number of hydrogen-bond acceptors (Lipinski definition) is 4. The van der Waals surface area contributed by atoms with Crippen LogP contribution < -0.4 is 19.6 Å². The van der Waals surface area contributed by atoms with Gasteiger partial charge in [0.05, 0.1) is 23.4 Å². The number of allylic oxidation sites excluding steroid dienone is 2. The van der Waals surface area contributed by atoms with E-state index < -0.39 is 0 Å². The van der Waals surface area contributed by atoms with Crippen LogP contribution in [0.2, 0.25) is 0 Å². The Labute approximate surface area is 207 Å². The molecule has 1 aliphatic heterocycles. The zero-order chi connectivity index (χ0) is 23.8. The summed E-state index contributed by atoms with van der Waals surface area (Å²) in [7, 11) is 1.67. The highest BCUT2D eigenvalue weighted by Gasteiger charge is 2.32. The Hall–Kier alpha value is -3.96. The molecule has 0 unspecified atom stereocenters. The summed E-state index contributed by atoms with van der Waals surface area (Å²) in [6, 6.07) is 26.4. The number of aromatic nitrogens is 1. The van der Waals surface area contributed by atoms with Crippen LogP contribution in [0.15, 0.2) is 100 Å². The van der Waals surface area contributed by atoms with E-state index >= 15 is 0 Å². The molecular formula is C30H24N2O2S. The third kappa shape index (κ3) is 3.88. The Balaban J connectivity index is 1.55. The van der Waals surface area contributed by atoms with E-state index in [9.17, 15) is 4.79 Å². The van der Waals surface area contributed by atoms with E-state index in [1.165, 1.54) is 28.0 Å². The minimum atomic E-state index is -0.204. The molecule has 0 fully saturated rings. The minimum Gasteiger partial charge on any atom is -0.497 e. The minimum absolute atomic E-state index is 0.00955. The van der Waals surface area contributed by atoms with Gasteiger partial charge in [0.15, 0.2) is 4.80 Å². The fraction of sp³-hybridized carbons (Fsp3) is 0.133. The number of rotatable bonds is 4. The van der Waals surface area contributed by atoms with Gasteiger partial charge in [-0.2, -0.15) is 0 Å². The van der Waals surface area contributed by atoms with E-state index in [1.54, 1.807) is 7.11 Å². The average Bonchev–Trinajstić information content (AvgIpc) is 3.22. The number of benzene rings is 3. The normalized spacial score (nSPS) is 17.1. The maximum atomic E-state index is 13.7. The first kappa shape index (κ1) is 21.6. The van der Waals surface area contributed by atoms with E-state index in [4.69, 9.17) is 9.73 Å². The van der Waals surface area contributed by atoms with Crippen LogP contribution in [-0.2, 0) is 6.42 Å². The molecule has 0 bridgehead atoms. The Kier molecular flexibility index (Phi) is 5.55. The molecule has 1 aliphatic carbocycles. The van der Waals surface area contributed by atoms with Crippen LogP contribution in [0.4, 0.5) is 0 Å². The quantitative estimate of drug-likeness (QED) is 0.416. The Morgan fingerprint density at radius 3 is 2.69 bits per heavy atom. The molecule has 0 amide bonds. The van der Waals surface area contributed by atoms with Gasteiger partial charge in [-0.25, -0.2) is 4.99 Å². The summed E-state index contributed by atoms with van der Waals surface area (Å²) < 4.78 is 8.06. The molecule has 2 aliphatic rings. The molecule has 0 saturated heterocycles. The standard InChI is InChI=1S/C30H24N2O2S/c1-34-23-14-8-13-22(19-23)28-25-18-17-21-12-5-6-15-24(21)27(25)31-30-32(28)29(33)26(35-30)16-7-11-20-9-3-2-4-10-20/h2-16,19,28H,17-18H2,1H3/b11-7+,26-16-/t28-/m1/s1. The monoisotopic (exact) mass is 476 g/mol. The van der Waals surface area contributed by atoms with Crippen molar-refractivity contribution in [3.05, 3.63) is 132 Å². The van der Waals surface area contributed by atoms with Crippen LogP contribution in [0.3, 0.4) is 0 Å². The maximum Gasteiger partial charge on any atom is 0.271 e. The van der Waals surface area contributed by atoms with Crippen molar-refractivity contribution >= 4 is 29.2 Å². The SMILES string of the molecule is COc1cccc([C@@H]2C3=C(N=c4s/c(=C\C=C\c5ccccc5)c(=O)n42)c2ccccc2CC3)c1. The second kappa shape index (κ2) is 9.01. The zero-order valence-corrected chi connectivity index (χ0v) is 20.2. The summed E-state index contributed by atoms with van der Waals surface area (Å²) in [6.45, 7) is 0. The molecule has 172 valence electrons. The molecule has 3 aromatic carbocycles. The molecule has 1 aromatic heterocycles. The highest BCUT2D eigenvalue weighted by atomic mass is 32.1. The Morgan fingerprint density at radius 2 is 1.83 bits per heavy atom. The summed E-state index contributed by atoms with van der Waals surface area (Å²) in [6.07, 6.45) is 7.66. The summed E-state index contributed by atoms with van der Waals surface area (Å²) >= 11 is 1.45. The van der Waals surface area contributed by atoms with Crippen molar-refractivity contribution in [2.45, 2.75) is 18.9 Å². The predicted octanol–water partition coefficient (Wildman–Crippen LogP) is 4.99. The molecular weight excluding hydrogens is 452 g/mol. The van der Waals surface area contributed by atoms with Gasteiger partial charge >= 0.3 is 0 Å². The van der Waals surface area contributed by atoms with Crippen molar-refractivity contribution in [2.24, 2.45) is 4.99 Å². The molecule has 35 heavy (non-hydrogen) atoms. The van der Waals surface area contributed by atoms with Crippen LogP contribution in [0, 0.1) is 0 Å². The first-order chi connectivity index (χ1) is 17.2. The first-order valence-electron chi connectivity index (χ1n) is 11.7. The van der Waals surface area contributed by atoms with Gasteiger partial charge in [0.25, 0.3) is 5.56 Å². The highest BCUT2D eigenvalue weighted by molar-refractivity contribution is 7.07. The van der Waals surface area contributed by atoms with Crippen molar-refractivity contribution in [3.63, 3.8) is 0 Å². The largest absolute Gasteiger partial charge is 0.497 e. The van der Waals surface area contributed by atoms with Gasteiger partial charge < -0.3 is 4.74 Å². The van der Waals surface area contributed by atoms with Gasteiger partial charge in [-0.05, 0) is 53.3 Å². The smallest absolute Gasteiger partial charge is 0.271 e. The van der Waals surface area contributed by atoms with Gasteiger partial charge in [0.2, 0.25) is 0 Å². The molecule has 0 radical (unpaired) electrons. The number of nitrogens with zero attached hydrogens (tertiary/aromatic N) is 2. The second-order valence-corrected chi connectivity index (χ2v) is 9.69. The summed E-state index contributed by atoms with van der Waals surface area (Å²) in [5.41, 5.74) is 6.80. The molecule has 5 heteroatoms. The third-order valence-electron chi connectivity index (χ3n) is 6.62. The van der Waals surface area contributed by atoms with Crippen LogP contribution in [0.1, 0.15) is 34.7 Å². The molecule has 2 heterocycles. The van der Waals surface area contributed by atoms with Crippen molar-refractivity contribution in [1.29, 1.82) is 0 Å². The molecule has 0 saturated carbocycles. The van der Waals surface area contributed by atoms with Gasteiger partial charge in [-0.15, -0.1) is 0 Å². The lowest BCUT2D eigenvalue weighted by atomic mass is 9.83. The lowest BCUT2D eigenvalue weighted by Crippen LogP contribution is -2.38. The Bertz CT molecular complexity index is 1660. The highest BCUT2D eigenvalue weighted by Crippen LogP contribution is 2.41. The number of fused-ring (bicyclic) bond motifs is 3. The zero-order valence-electron chi connectivity index (χ0n) is 19.3. The molecule has 4 nitrogen and oxygen atoms in total. The molecule has 0 spiro atoms. The fourth-order valence-electron chi connectivity index (χ4n) is 4.96. The van der Waals surface area contributed by atoms with E-state index in [-0.39, 0.29) is 11.6 Å². The van der Waals surface area contributed by atoms with Crippen LogP contribution in [0.5, 0.6) is 5.75 Å². The molecule has 6 rings (SSSR count). The van der Waals surface area contributed by atoms with E-state index in [2.05, 4.69) is 30.3 Å². The van der Waals surface area contributed by atoms with E-state index in [0.29, 0.717) is 4.53 Å². The summed E-state index contributed by atoms with van der Waals surface area (Å²) in [5, 5.41) is 0. The number of aryl methyl sites for hydroxylation is 1. The number of thiazole rings is 1. The lowest BCUT2D eigenvalue weighted by molar-refractivity contribution is 0.413. The molecule has 0 N–H and O–H groups in total. The van der Waals surface area contributed by atoms with E-state index in [0.717, 1.165) is 40.2 Å². The molecule has 1 atom stereocenters. The topological polar surface area (TPSA) is 43.6 Å². The van der Waals surface area contributed by atoms with Crippen molar-refractivity contribution in [2.75, 3.05) is 7.11 Å². The molecule has 4 aromatic rings. The van der Waals surface area contributed by atoms with Crippen molar-refractivity contribution < 1.29 is 4.74 Å². The number of ether oxygens (including phenoxy) is 1. The predicted molar refractivity (Wildman–Crippen MR) is 142 cm³/mol. The number of hydrogen-bond donors (Lipinski definition) is 0. The summed E-state index contributed by atoms with van der Waals surface area (Å²) in [4.78, 5) is 19.5. The lowest BCUT2D eigenvalue weighted by Gasteiger charge is -2.31. The van der Waals surface area contributed by atoms with Crippen LogP contribution in [-0.4, -0.2) is 11.7 Å². The second-order valence-electron chi connectivity index (χ2n) is 8.68. The van der Waals surface area contributed by atoms with Crippen molar-refractivity contribution in [3.8, 4) is 5.75 Å². The van der Waals surface area contributed by atoms with Crippen LogP contribution in [0.25, 0.3) is 17.8 Å². The Morgan fingerprint density at radius 1 is 1.00 bits per heavy atom. The van der Waals surface area contributed by atoms with Crippen molar-refractivity contribution in [1.82, 2.24) is 4.57 Å². The fourth-order valence-corrected chi connectivity index (χ4v) is 5.91. The van der Waals surface area contributed by atoms with Gasteiger partial charge in [0.1, 0.15) is 5.75 Å². The third-order valence-corrected chi connectivity index (χ3v) is 7.62. The van der Waals surface area contributed by atoms with Crippen LogP contribution >= 0.6 is 11.3 Å². The van der Waals surface area contributed by atoms with Gasteiger partial charge in [-0.3, -0.25) is 9.36 Å².